The minimum Gasteiger partial charge on any atom is -0.496 e. The molecule has 1 amide bonds. The molecule has 1 fully saturated rings. The number of anilines is 2. The lowest BCUT2D eigenvalue weighted by molar-refractivity contribution is -0.138. The van der Waals surface area contributed by atoms with Crippen LogP contribution < -0.4 is 15.0 Å². The molecule has 0 spiro atoms. The van der Waals surface area contributed by atoms with E-state index in [0.717, 1.165) is 16.5 Å². The summed E-state index contributed by atoms with van der Waals surface area (Å²) >= 11 is 0. The van der Waals surface area contributed by atoms with Crippen LogP contribution in [0.25, 0.3) is 33.2 Å². The SMILES string of the molecule is COc1cc(NC(=O)C[C@H]2C[C@@H](C(=O)O)N(c3nc(C)nc4c3oc3ccccc34)C2)ccc1-c1ccc(F)cc1. The molecule has 1 aliphatic heterocycles. The first-order valence-electron chi connectivity index (χ1n) is 13.2. The molecule has 1 saturated heterocycles. The van der Waals surface area contributed by atoms with Crippen molar-refractivity contribution in [3.63, 3.8) is 0 Å². The molecule has 1 aliphatic rings. The molecule has 10 heteroatoms. The van der Waals surface area contributed by atoms with Crippen LogP contribution in [0, 0.1) is 18.7 Å². The summed E-state index contributed by atoms with van der Waals surface area (Å²) in [4.78, 5) is 36.2. The summed E-state index contributed by atoms with van der Waals surface area (Å²) in [6.45, 7) is 2.08. The Labute approximate surface area is 234 Å². The maximum atomic E-state index is 13.4. The molecule has 5 aromatic rings. The Bertz CT molecular complexity index is 1790. The predicted octanol–water partition coefficient (Wildman–Crippen LogP) is 5.81. The lowest BCUT2D eigenvalue weighted by Gasteiger charge is -2.22. The summed E-state index contributed by atoms with van der Waals surface area (Å²) in [5.74, 6) is -0.348. The van der Waals surface area contributed by atoms with Crippen molar-refractivity contribution in [3.05, 3.63) is 78.4 Å². The van der Waals surface area contributed by atoms with E-state index < -0.39 is 12.0 Å². The molecule has 208 valence electrons. The highest BCUT2D eigenvalue weighted by atomic mass is 19.1. The fraction of sp³-hybridized carbons (Fsp3) is 0.226. The third-order valence-corrected chi connectivity index (χ3v) is 7.37. The summed E-state index contributed by atoms with van der Waals surface area (Å²) in [7, 11) is 1.53. The zero-order valence-electron chi connectivity index (χ0n) is 22.4. The fourth-order valence-corrected chi connectivity index (χ4v) is 5.53. The van der Waals surface area contributed by atoms with Gasteiger partial charge in [-0.1, -0.05) is 24.3 Å². The number of ether oxygens (including phenoxy) is 1. The molecule has 6 rings (SSSR count). The van der Waals surface area contributed by atoms with Crippen LogP contribution in [0.4, 0.5) is 15.9 Å². The van der Waals surface area contributed by atoms with E-state index in [2.05, 4.69) is 15.3 Å². The first-order chi connectivity index (χ1) is 19.8. The second kappa shape index (κ2) is 10.5. The van der Waals surface area contributed by atoms with Crippen LogP contribution in [0.2, 0.25) is 0 Å². The maximum absolute atomic E-state index is 13.4. The first-order valence-corrected chi connectivity index (χ1v) is 13.2. The van der Waals surface area contributed by atoms with Crippen LogP contribution >= 0.6 is 0 Å². The Morgan fingerprint density at radius 1 is 1.12 bits per heavy atom. The number of hydrogen-bond donors (Lipinski definition) is 2. The van der Waals surface area contributed by atoms with Crippen LogP contribution in [0.1, 0.15) is 18.7 Å². The number of nitrogens with one attached hydrogen (secondary N) is 1. The van der Waals surface area contributed by atoms with Crippen molar-refractivity contribution in [3.8, 4) is 16.9 Å². The second-order valence-corrected chi connectivity index (χ2v) is 10.2. The smallest absolute Gasteiger partial charge is 0.326 e. The van der Waals surface area contributed by atoms with Crippen LogP contribution in [-0.2, 0) is 9.59 Å². The van der Waals surface area contributed by atoms with Gasteiger partial charge in [0.15, 0.2) is 11.4 Å². The number of carbonyl (C=O) groups excluding carboxylic acids is 1. The zero-order valence-corrected chi connectivity index (χ0v) is 22.4. The summed E-state index contributed by atoms with van der Waals surface area (Å²) in [5, 5.41) is 13.8. The number of halogens is 1. The Morgan fingerprint density at radius 3 is 2.66 bits per heavy atom. The van der Waals surface area contributed by atoms with E-state index in [0.29, 0.717) is 46.3 Å². The number of nitrogens with zero attached hydrogens (tertiary/aromatic N) is 3. The lowest BCUT2D eigenvalue weighted by Crippen LogP contribution is -2.36. The van der Waals surface area contributed by atoms with Crippen molar-refractivity contribution in [2.75, 3.05) is 23.9 Å². The minimum atomic E-state index is -0.991. The molecule has 3 aromatic carbocycles. The normalized spacial score (nSPS) is 16.8. The van der Waals surface area contributed by atoms with Crippen molar-refractivity contribution in [2.24, 2.45) is 5.92 Å². The van der Waals surface area contributed by atoms with Crippen molar-refractivity contribution in [2.45, 2.75) is 25.8 Å². The number of para-hydroxylation sites is 1. The van der Waals surface area contributed by atoms with Gasteiger partial charge in [-0.05, 0) is 61.2 Å². The molecule has 0 unspecified atom stereocenters. The van der Waals surface area contributed by atoms with E-state index >= 15 is 0 Å². The number of benzene rings is 3. The number of carboxylic acids is 1. The van der Waals surface area contributed by atoms with Gasteiger partial charge in [0.25, 0.3) is 0 Å². The average molecular weight is 555 g/mol. The van der Waals surface area contributed by atoms with Gasteiger partial charge in [0.2, 0.25) is 5.91 Å². The van der Waals surface area contributed by atoms with Crippen LogP contribution in [0.15, 0.2) is 71.1 Å². The van der Waals surface area contributed by atoms with Gasteiger partial charge in [-0.2, -0.15) is 0 Å². The Hall–Kier alpha value is -4.99. The van der Waals surface area contributed by atoms with E-state index in [4.69, 9.17) is 9.15 Å². The van der Waals surface area contributed by atoms with E-state index in [1.165, 1.54) is 19.2 Å². The molecule has 41 heavy (non-hydrogen) atoms. The highest BCUT2D eigenvalue weighted by Crippen LogP contribution is 2.38. The van der Waals surface area contributed by atoms with E-state index in [1.807, 2.05) is 24.3 Å². The third-order valence-electron chi connectivity index (χ3n) is 7.37. The topological polar surface area (TPSA) is 118 Å². The van der Waals surface area contributed by atoms with Gasteiger partial charge in [0, 0.05) is 35.7 Å². The molecular formula is C31H27FN4O5. The molecule has 0 radical (unpaired) electrons. The summed E-state index contributed by atoms with van der Waals surface area (Å²) in [6, 6.07) is 18.0. The molecule has 0 aliphatic carbocycles. The van der Waals surface area contributed by atoms with Crippen molar-refractivity contribution in [1.29, 1.82) is 0 Å². The fourth-order valence-electron chi connectivity index (χ4n) is 5.53. The third kappa shape index (κ3) is 5.04. The molecule has 2 aromatic heterocycles. The van der Waals surface area contributed by atoms with Gasteiger partial charge in [-0.3, -0.25) is 4.79 Å². The molecular weight excluding hydrogens is 527 g/mol. The summed E-state index contributed by atoms with van der Waals surface area (Å²) in [5.41, 5.74) is 3.79. The number of rotatable bonds is 7. The molecule has 9 nitrogen and oxygen atoms in total. The van der Waals surface area contributed by atoms with Gasteiger partial charge in [-0.15, -0.1) is 0 Å². The number of fused-ring (bicyclic) bond motifs is 3. The number of aromatic nitrogens is 2. The number of methoxy groups -OCH3 is 1. The monoisotopic (exact) mass is 554 g/mol. The van der Waals surface area contributed by atoms with Gasteiger partial charge in [-0.25, -0.2) is 19.2 Å². The molecule has 2 atom stereocenters. The first kappa shape index (κ1) is 26.2. The molecule has 0 saturated carbocycles. The van der Waals surface area contributed by atoms with E-state index in [-0.39, 0.29) is 30.5 Å². The number of aryl methyl sites for hydroxylation is 1. The number of carbonyl (C=O) groups is 2. The predicted molar refractivity (Wildman–Crippen MR) is 153 cm³/mol. The number of furan rings is 1. The van der Waals surface area contributed by atoms with Gasteiger partial charge in [0.1, 0.15) is 34.5 Å². The van der Waals surface area contributed by atoms with Crippen LogP contribution in [0.3, 0.4) is 0 Å². The zero-order chi connectivity index (χ0) is 28.7. The van der Waals surface area contributed by atoms with Crippen LogP contribution in [0.5, 0.6) is 5.75 Å². The number of hydrogen-bond acceptors (Lipinski definition) is 7. The van der Waals surface area contributed by atoms with Crippen LogP contribution in [-0.4, -0.2) is 46.6 Å². The lowest BCUT2D eigenvalue weighted by atomic mass is 10.0. The Kier molecular flexibility index (Phi) is 6.74. The minimum absolute atomic E-state index is 0.121. The quantitative estimate of drug-likeness (QED) is 0.259. The number of amides is 1. The molecule has 3 heterocycles. The van der Waals surface area contributed by atoms with Gasteiger partial charge in [0.05, 0.1) is 7.11 Å². The number of aliphatic carboxylic acids is 1. The highest BCUT2D eigenvalue weighted by Gasteiger charge is 2.40. The molecule has 2 N–H and O–H groups in total. The second-order valence-electron chi connectivity index (χ2n) is 10.2. The van der Waals surface area contributed by atoms with Crippen molar-refractivity contribution >= 4 is 45.5 Å². The Balaban J connectivity index is 1.21. The largest absolute Gasteiger partial charge is 0.496 e. The van der Waals surface area contributed by atoms with E-state index in [1.54, 1.807) is 42.2 Å². The van der Waals surface area contributed by atoms with Gasteiger partial charge >= 0.3 is 5.97 Å². The highest BCUT2D eigenvalue weighted by molar-refractivity contribution is 6.06. The number of carboxylic acid groups (broad SMARTS) is 1. The van der Waals surface area contributed by atoms with E-state index in [9.17, 15) is 19.1 Å². The van der Waals surface area contributed by atoms with Gasteiger partial charge < -0.3 is 24.5 Å². The molecule has 0 bridgehead atoms. The summed E-state index contributed by atoms with van der Waals surface area (Å²) in [6.07, 6.45) is 0.399. The maximum Gasteiger partial charge on any atom is 0.326 e. The standard InChI is InChI=1S/C31H27FN4O5/c1-17-33-28-23-5-3-4-6-25(23)41-29(28)30(34-17)36-16-18(13-24(36)31(38)39)14-27(37)35-21-11-12-22(26(15-21)40-2)19-7-9-20(32)10-8-19/h3-12,15,18,24H,13-14,16H2,1-2H3,(H,35,37)(H,38,39)/t18-,24+/m1/s1. The Morgan fingerprint density at radius 2 is 1.90 bits per heavy atom. The van der Waals surface area contributed by atoms with Crippen molar-refractivity contribution in [1.82, 2.24) is 9.97 Å². The van der Waals surface area contributed by atoms with Crippen molar-refractivity contribution < 1.29 is 28.2 Å². The summed E-state index contributed by atoms with van der Waals surface area (Å²) < 4.78 is 24.9. The average Bonchev–Trinajstić information content (AvgIpc) is 3.55.